The van der Waals surface area contributed by atoms with E-state index in [0.717, 1.165) is 5.56 Å². The van der Waals surface area contributed by atoms with Crippen LogP contribution in [-0.2, 0) is 10.0 Å². The van der Waals surface area contributed by atoms with Crippen molar-refractivity contribution in [2.75, 3.05) is 0 Å². The fourth-order valence-corrected chi connectivity index (χ4v) is 3.96. The summed E-state index contributed by atoms with van der Waals surface area (Å²) in [5.74, 6) is 0. The van der Waals surface area contributed by atoms with Crippen molar-refractivity contribution in [3.8, 4) is 0 Å². The predicted octanol–water partition coefficient (Wildman–Crippen LogP) is 2.93. The lowest BCUT2D eigenvalue weighted by molar-refractivity contribution is 0.0538. The summed E-state index contributed by atoms with van der Waals surface area (Å²) in [6.07, 6.45) is 0. The van der Waals surface area contributed by atoms with E-state index >= 15 is 0 Å². The molecule has 0 amide bonds. The van der Waals surface area contributed by atoms with Gasteiger partial charge in [-0.1, -0.05) is 30.3 Å². The van der Waals surface area contributed by atoms with E-state index in [2.05, 4.69) is 9.82 Å². The highest BCUT2D eigenvalue weighted by Gasteiger charge is 2.28. The number of benzene rings is 1. The molecule has 0 aliphatic heterocycles. The Kier molecular flexibility index (Phi) is 4.62. The summed E-state index contributed by atoms with van der Waals surface area (Å²) >= 11 is 0. The van der Waals surface area contributed by atoms with Crippen molar-refractivity contribution in [3.63, 3.8) is 0 Å². The summed E-state index contributed by atoms with van der Waals surface area (Å²) in [4.78, 5) is -0.199. The van der Waals surface area contributed by atoms with Gasteiger partial charge in [0, 0.05) is 6.04 Å². The summed E-state index contributed by atoms with van der Waals surface area (Å²) in [6, 6.07) is 8.51. The smallest absolute Gasteiger partial charge is 0.207 e. The summed E-state index contributed by atoms with van der Waals surface area (Å²) in [7, 11) is -3.95. The zero-order chi connectivity index (χ0) is 16.5. The zero-order valence-electron chi connectivity index (χ0n) is 12.4. The van der Waals surface area contributed by atoms with E-state index in [0.29, 0.717) is 4.68 Å². The highest BCUT2D eigenvalue weighted by atomic mass is 32.2. The van der Waals surface area contributed by atoms with Crippen LogP contribution in [0, 0.1) is 13.8 Å². The minimum Gasteiger partial charge on any atom is -0.207 e. The van der Waals surface area contributed by atoms with Crippen molar-refractivity contribution in [1.82, 2.24) is 14.5 Å². The van der Waals surface area contributed by atoms with Gasteiger partial charge in [0.2, 0.25) is 10.0 Å². The number of nitrogens with zero attached hydrogens (tertiary/aromatic N) is 2. The second-order valence-electron chi connectivity index (χ2n) is 4.98. The maximum absolute atomic E-state index is 12.8. The minimum atomic E-state index is -3.95. The fraction of sp³-hybridized carbons (Fsp3) is 0.357. The standard InChI is InChI=1S/C14H17F2N3O2S/c1-9(12-7-5-4-6-8-12)18-22(20,21)13-10(2)17-19(11(13)3)14(15)16/h4-9,14,18H,1-3H3/t9-/m0/s1. The van der Waals surface area contributed by atoms with Crippen molar-refractivity contribution in [2.24, 2.45) is 0 Å². The van der Waals surface area contributed by atoms with Crippen molar-refractivity contribution in [3.05, 3.63) is 47.3 Å². The molecule has 0 saturated carbocycles. The van der Waals surface area contributed by atoms with Crippen LogP contribution >= 0.6 is 0 Å². The second-order valence-corrected chi connectivity index (χ2v) is 6.63. The Bertz CT molecular complexity index is 758. The SMILES string of the molecule is Cc1nn(C(F)F)c(C)c1S(=O)(=O)N[C@@H](C)c1ccccc1. The molecule has 22 heavy (non-hydrogen) atoms. The first-order valence-corrected chi connectivity index (χ1v) is 8.13. The predicted molar refractivity (Wildman–Crippen MR) is 78.1 cm³/mol. The van der Waals surface area contributed by atoms with Gasteiger partial charge in [0.25, 0.3) is 0 Å². The Hall–Kier alpha value is -1.80. The average Bonchev–Trinajstić information content (AvgIpc) is 2.75. The van der Waals surface area contributed by atoms with Gasteiger partial charge in [-0.15, -0.1) is 0 Å². The average molecular weight is 329 g/mol. The number of halogens is 2. The van der Waals surface area contributed by atoms with Gasteiger partial charge < -0.3 is 0 Å². The van der Waals surface area contributed by atoms with Gasteiger partial charge in [-0.05, 0) is 26.3 Å². The molecule has 120 valence electrons. The van der Waals surface area contributed by atoms with Crippen LogP contribution in [0.25, 0.3) is 0 Å². The van der Waals surface area contributed by atoms with Crippen LogP contribution in [0.3, 0.4) is 0 Å². The quantitative estimate of drug-likeness (QED) is 0.917. The molecular formula is C14H17F2N3O2S. The normalized spacial score (nSPS) is 13.5. The fourth-order valence-electron chi connectivity index (χ4n) is 2.33. The lowest BCUT2D eigenvalue weighted by Crippen LogP contribution is -2.27. The highest BCUT2D eigenvalue weighted by Crippen LogP contribution is 2.25. The maximum Gasteiger partial charge on any atom is 0.333 e. The largest absolute Gasteiger partial charge is 0.333 e. The first kappa shape index (κ1) is 16.6. The van der Waals surface area contributed by atoms with Crippen LogP contribution in [0.15, 0.2) is 35.2 Å². The summed E-state index contributed by atoms with van der Waals surface area (Å²) in [5.41, 5.74) is 0.744. The Morgan fingerprint density at radius 1 is 1.18 bits per heavy atom. The molecule has 0 aliphatic rings. The number of sulfonamides is 1. The van der Waals surface area contributed by atoms with E-state index in [1.807, 2.05) is 6.07 Å². The minimum absolute atomic E-state index is 0.0468. The summed E-state index contributed by atoms with van der Waals surface area (Å²) in [5, 5.41) is 3.60. The molecule has 0 spiro atoms. The topological polar surface area (TPSA) is 64.0 Å². The zero-order valence-corrected chi connectivity index (χ0v) is 13.2. The molecule has 1 N–H and O–H groups in total. The number of hydrogen-bond donors (Lipinski definition) is 1. The molecule has 0 fully saturated rings. The van der Waals surface area contributed by atoms with Crippen LogP contribution in [0.2, 0.25) is 0 Å². The number of nitrogens with one attached hydrogen (secondary N) is 1. The van der Waals surface area contributed by atoms with Crippen LogP contribution in [-0.4, -0.2) is 18.2 Å². The maximum atomic E-state index is 12.8. The van der Waals surface area contributed by atoms with E-state index in [9.17, 15) is 17.2 Å². The van der Waals surface area contributed by atoms with Crippen LogP contribution in [0.4, 0.5) is 8.78 Å². The Morgan fingerprint density at radius 3 is 2.27 bits per heavy atom. The van der Waals surface area contributed by atoms with Crippen LogP contribution < -0.4 is 4.72 Å². The van der Waals surface area contributed by atoms with Crippen molar-refractivity contribution < 1.29 is 17.2 Å². The van der Waals surface area contributed by atoms with Gasteiger partial charge >= 0.3 is 6.55 Å². The molecule has 5 nitrogen and oxygen atoms in total. The van der Waals surface area contributed by atoms with Gasteiger partial charge in [-0.25, -0.2) is 17.8 Å². The van der Waals surface area contributed by atoms with E-state index in [1.165, 1.54) is 13.8 Å². The number of aryl methyl sites for hydroxylation is 1. The third-order valence-electron chi connectivity index (χ3n) is 3.34. The molecule has 0 unspecified atom stereocenters. The number of aromatic nitrogens is 2. The van der Waals surface area contributed by atoms with Crippen LogP contribution in [0.1, 0.15) is 36.5 Å². The Labute approximate surface area is 128 Å². The molecule has 1 atom stereocenters. The van der Waals surface area contributed by atoms with Gasteiger partial charge in [0.1, 0.15) is 4.90 Å². The first-order chi connectivity index (χ1) is 10.2. The Morgan fingerprint density at radius 2 is 1.77 bits per heavy atom. The van der Waals surface area contributed by atoms with Gasteiger partial charge in [-0.2, -0.15) is 13.9 Å². The molecule has 2 aromatic rings. The summed E-state index contributed by atoms with van der Waals surface area (Å²) < 4.78 is 53.5. The number of alkyl halides is 2. The molecule has 1 aromatic heterocycles. The van der Waals surface area contributed by atoms with E-state index < -0.39 is 22.6 Å². The second kappa shape index (κ2) is 6.13. The molecule has 8 heteroatoms. The highest BCUT2D eigenvalue weighted by molar-refractivity contribution is 7.89. The van der Waals surface area contributed by atoms with Crippen LogP contribution in [0.5, 0.6) is 0 Å². The van der Waals surface area contributed by atoms with Gasteiger partial charge in [0.05, 0.1) is 11.4 Å². The summed E-state index contributed by atoms with van der Waals surface area (Å²) in [6.45, 7) is 1.52. The molecule has 1 aromatic carbocycles. The molecule has 2 rings (SSSR count). The molecule has 1 heterocycles. The van der Waals surface area contributed by atoms with E-state index in [4.69, 9.17) is 0 Å². The van der Waals surface area contributed by atoms with E-state index in [-0.39, 0.29) is 16.3 Å². The number of hydrogen-bond acceptors (Lipinski definition) is 3. The molecule has 0 aliphatic carbocycles. The lowest BCUT2D eigenvalue weighted by Gasteiger charge is -2.15. The third kappa shape index (κ3) is 3.17. The first-order valence-electron chi connectivity index (χ1n) is 6.65. The van der Waals surface area contributed by atoms with Gasteiger partial charge in [0.15, 0.2) is 0 Å². The van der Waals surface area contributed by atoms with Crippen molar-refractivity contribution in [1.29, 1.82) is 0 Å². The van der Waals surface area contributed by atoms with E-state index in [1.54, 1.807) is 31.2 Å². The third-order valence-corrected chi connectivity index (χ3v) is 5.14. The monoisotopic (exact) mass is 329 g/mol. The molecule has 0 saturated heterocycles. The number of rotatable bonds is 5. The lowest BCUT2D eigenvalue weighted by atomic mass is 10.1. The van der Waals surface area contributed by atoms with Crippen molar-refractivity contribution >= 4 is 10.0 Å². The van der Waals surface area contributed by atoms with Gasteiger partial charge in [-0.3, -0.25) is 0 Å². The molecular weight excluding hydrogens is 312 g/mol. The van der Waals surface area contributed by atoms with Crippen molar-refractivity contribution in [2.45, 2.75) is 38.3 Å². The molecule has 0 radical (unpaired) electrons. The molecule has 0 bridgehead atoms. The Balaban J connectivity index is 2.36.